The molecule has 11 heteroatoms. The van der Waals surface area contributed by atoms with E-state index in [-0.39, 0.29) is 12.4 Å². The average molecular weight is 624 g/mol. The average Bonchev–Trinajstić information content (AvgIpc) is 3.54. The van der Waals surface area contributed by atoms with E-state index in [1.165, 1.54) is 18.2 Å². The van der Waals surface area contributed by atoms with Gasteiger partial charge in [0.25, 0.3) is 0 Å². The first-order chi connectivity index (χ1) is 22.4. The Balaban J connectivity index is 1.10. The molecule has 0 aliphatic rings. The van der Waals surface area contributed by atoms with Crippen molar-refractivity contribution in [1.29, 1.82) is 0 Å². The summed E-state index contributed by atoms with van der Waals surface area (Å²) in [5.41, 5.74) is 2.26. The Hall–Kier alpha value is -5.84. The smallest absolute Gasteiger partial charge is 0.339 e. The number of carbonyl (C=O) groups excluding carboxylic acids is 1. The van der Waals surface area contributed by atoms with E-state index in [1.54, 1.807) is 80.8 Å². The topological polar surface area (TPSA) is 124 Å². The number of para-hydroxylation sites is 1. The number of methoxy groups -OCH3 is 3. The van der Waals surface area contributed by atoms with Crippen LogP contribution in [-0.2, 0) is 17.9 Å². The second-order valence-corrected chi connectivity index (χ2v) is 9.98. The number of benzene rings is 3. The van der Waals surface area contributed by atoms with E-state index in [4.69, 9.17) is 28.1 Å². The first-order valence-corrected chi connectivity index (χ1v) is 14.4. The number of nitrogens with zero attached hydrogens (tertiary/aromatic N) is 3. The van der Waals surface area contributed by atoms with Crippen LogP contribution in [0.2, 0.25) is 0 Å². The minimum Gasteiger partial charge on any atom is -0.493 e. The maximum Gasteiger partial charge on any atom is 0.339 e. The van der Waals surface area contributed by atoms with Crippen LogP contribution in [0.4, 0.5) is 0 Å². The van der Waals surface area contributed by atoms with Gasteiger partial charge in [0, 0.05) is 13.0 Å². The van der Waals surface area contributed by atoms with Crippen LogP contribution >= 0.6 is 0 Å². The lowest BCUT2D eigenvalue weighted by atomic mass is 10.1. The van der Waals surface area contributed by atoms with Crippen LogP contribution in [0, 0.1) is 0 Å². The molecule has 11 nitrogen and oxygen atoms in total. The van der Waals surface area contributed by atoms with Crippen molar-refractivity contribution in [1.82, 2.24) is 15.0 Å². The van der Waals surface area contributed by atoms with Crippen molar-refractivity contribution in [3.05, 3.63) is 112 Å². The van der Waals surface area contributed by atoms with Gasteiger partial charge in [-0.15, -0.1) is 5.10 Å². The zero-order chi connectivity index (χ0) is 32.3. The summed E-state index contributed by atoms with van der Waals surface area (Å²) in [5, 5.41) is 9.09. The van der Waals surface area contributed by atoms with Gasteiger partial charge in [-0.05, 0) is 59.7 Å². The Kier molecular flexibility index (Phi) is 10.5. The molecule has 0 unspecified atom stereocenters. The molecular weight excluding hydrogens is 590 g/mol. The molecule has 0 aliphatic carbocycles. The van der Waals surface area contributed by atoms with Gasteiger partial charge in [-0.2, -0.15) is 0 Å². The number of hydrogen-bond donors (Lipinski definition) is 0. The molecule has 2 aromatic heterocycles. The Bertz CT molecular complexity index is 1930. The molecule has 3 aromatic carbocycles. The highest BCUT2D eigenvalue weighted by atomic mass is 16.5. The van der Waals surface area contributed by atoms with E-state index in [1.807, 2.05) is 24.3 Å². The lowest BCUT2D eigenvalue weighted by Crippen LogP contribution is -2.07. The lowest BCUT2D eigenvalue weighted by Gasteiger charge is -2.10. The van der Waals surface area contributed by atoms with Crippen molar-refractivity contribution in [2.45, 2.75) is 19.6 Å². The van der Waals surface area contributed by atoms with Gasteiger partial charge in [0.1, 0.15) is 23.6 Å². The van der Waals surface area contributed by atoms with Crippen molar-refractivity contribution in [2.24, 2.45) is 0 Å². The number of ether oxygens (including phenoxy) is 5. The van der Waals surface area contributed by atoms with E-state index in [9.17, 15) is 9.59 Å². The second-order valence-electron chi connectivity index (χ2n) is 9.98. The highest BCUT2D eigenvalue weighted by molar-refractivity contribution is 6.04. The molecule has 0 saturated carbocycles. The maximum absolute atomic E-state index is 12.4. The maximum atomic E-state index is 12.4. The minimum atomic E-state index is -0.455. The molecule has 0 atom stereocenters. The van der Waals surface area contributed by atoms with E-state index in [2.05, 4.69) is 10.3 Å². The van der Waals surface area contributed by atoms with Crippen LogP contribution < -0.4 is 29.3 Å². The lowest BCUT2D eigenvalue weighted by molar-refractivity contribution is -0.110. The first-order valence-electron chi connectivity index (χ1n) is 14.4. The molecule has 46 heavy (non-hydrogen) atoms. The van der Waals surface area contributed by atoms with Gasteiger partial charge in [0.05, 0.1) is 45.6 Å². The monoisotopic (exact) mass is 623 g/mol. The quantitative estimate of drug-likeness (QED) is 0.0808. The van der Waals surface area contributed by atoms with Crippen LogP contribution in [0.1, 0.15) is 23.2 Å². The fourth-order valence-corrected chi connectivity index (χ4v) is 4.55. The Morgan fingerprint density at radius 2 is 1.48 bits per heavy atom. The molecule has 0 spiro atoms. The molecule has 0 fully saturated rings. The molecule has 5 aromatic rings. The van der Waals surface area contributed by atoms with Crippen LogP contribution in [0.15, 0.2) is 94.3 Å². The fraction of sp³-hybridized carbons (Fsp3) is 0.200. The minimum absolute atomic E-state index is 0.176. The molecule has 0 saturated heterocycles. The third kappa shape index (κ3) is 8.20. The van der Waals surface area contributed by atoms with Gasteiger partial charge in [0.2, 0.25) is 0 Å². The number of allylic oxidation sites excluding steroid dienone is 2. The molecule has 5 rings (SSSR count). The van der Waals surface area contributed by atoms with Gasteiger partial charge in [-0.1, -0.05) is 41.6 Å². The van der Waals surface area contributed by atoms with E-state index in [0.29, 0.717) is 59.6 Å². The molecule has 0 N–H and O–H groups in total. The molecule has 2 heterocycles. The zero-order valence-electron chi connectivity index (χ0n) is 25.7. The SMILES string of the molecule is COc1ccc(/C=C/C(=O)/C=C/c2ccc(OCc3cn(CCCOc4cc(=O)oc5ccccc45)nn3)c(OC)c2)cc1OC. The van der Waals surface area contributed by atoms with Crippen LogP contribution in [-0.4, -0.2) is 48.7 Å². The Morgan fingerprint density at radius 1 is 0.804 bits per heavy atom. The fourth-order valence-electron chi connectivity index (χ4n) is 4.55. The number of rotatable bonds is 15. The number of hydrogen-bond acceptors (Lipinski definition) is 10. The number of aryl methyl sites for hydroxylation is 1. The first kappa shape index (κ1) is 31.6. The molecule has 0 bridgehead atoms. The third-order valence-corrected chi connectivity index (χ3v) is 6.84. The van der Waals surface area contributed by atoms with Crippen LogP contribution in [0.3, 0.4) is 0 Å². The number of ketones is 1. The van der Waals surface area contributed by atoms with Crippen molar-refractivity contribution in [3.63, 3.8) is 0 Å². The highest BCUT2D eigenvalue weighted by Crippen LogP contribution is 2.30. The second kappa shape index (κ2) is 15.2. The standard InChI is InChI=1S/C35H33N3O8/c1-41-30-15-11-24(19-33(30)42-2)9-13-27(39)14-10-25-12-16-31(34(20-25)43-3)45-23-26-22-38(37-36-26)17-6-18-44-32-21-35(40)46-29-8-5-4-7-28(29)32/h4-5,7-16,19-22H,6,17-18,23H2,1-3H3/b13-9+,14-10+. The van der Waals surface area contributed by atoms with Crippen LogP contribution in [0.25, 0.3) is 23.1 Å². The summed E-state index contributed by atoms with van der Waals surface area (Å²) >= 11 is 0. The van der Waals surface area contributed by atoms with Gasteiger partial charge in [-0.25, -0.2) is 4.79 Å². The number of aromatic nitrogens is 3. The summed E-state index contributed by atoms with van der Waals surface area (Å²) in [6.07, 6.45) is 8.83. The Morgan fingerprint density at radius 3 is 2.20 bits per heavy atom. The van der Waals surface area contributed by atoms with E-state index < -0.39 is 5.63 Å². The molecule has 0 aliphatic heterocycles. The summed E-state index contributed by atoms with van der Waals surface area (Å²) in [6, 6.07) is 19.4. The Labute approximate surface area is 265 Å². The molecule has 0 amide bonds. The molecule has 0 radical (unpaired) electrons. The predicted octanol–water partition coefficient (Wildman–Crippen LogP) is 5.75. The van der Waals surface area contributed by atoms with Crippen molar-refractivity contribution < 1.29 is 32.9 Å². The summed E-state index contributed by atoms with van der Waals surface area (Å²) in [6.45, 7) is 1.14. The van der Waals surface area contributed by atoms with Gasteiger partial charge < -0.3 is 28.1 Å². The van der Waals surface area contributed by atoms with Crippen LogP contribution in [0.5, 0.6) is 28.7 Å². The zero-order valence-corrected chi connectivity index (χ0v) is 25.7. The van der Waals surface area contributed by atoms with Crippen molar-refractivity contribution >= 4 is 28.9 Å². The summed E-state index contributed by atoms with van der Waals surface area (Å²) in [4.78, 5) is 24.3. The van der Waals surface area contributed by atoms with Gasteiger partial charge in [-0.3, -0.25) is 9.48 Å². The van der Waals surface area contributed by atoms with E-state index in [0.717, 1.165) is 16.5 Å². The number of carbonyl (C=O) groups is 1. The van der Waals surface area contributed by atoms with Crippen molar-refractivity contribution in [3.8, 4) is 28.7 Å². The molecular formula is C35H33N3O8. The largest absolute Gasteiger partial charge is 0.493 e. The summed E-state index contributed by atoms with van der Waals surface area (Å²) < 4.78 is 34.8. The summed E-state index contributed by atoms with van der Waals surface area (Å²) in [5.74, 6) is 2.57. The highest BCUT2D eigenvalue weighted by Gasteiger charge is 2.09. The third-order valence-electron chi connectivity index (χ3n) is 6.84. The van der Waals surface area contributed by atoms with E-state index >= 15 is 0 Å². The number of fused-ring (bicyclic) bond motifs is 1. The van der Waals surface area contributed by atoms with Crippen molar-refractivity contribution in [2.75, 3.05) is 27.9 Å². The summed E-state index contributed by atoms with van der Waals surface area (Å²) in [7, 11) is 4.69. The normalized spacial score (nSPS) is 11.3. The molecule has 236 valence electrons. The predicted molar refractivity (Wildman–Crippen MR) is 173 cm³/mol. The van der Waals surface area contributed by atoms with Gasteiger partial charge in [0.15, 0.2) is 28.8 Å². The van der Waals surface area contributed by atoms with Gasteiger partial charge >= 0.3 is 5.63 Å².